The van der Waals surface area contributed by atoms with Crippen LogP contribution in [-0.4, -0.2) is 14.6 Å². The average Bonchev–Trinajstić information content (AvgIpc) is 2.92. The van der Waals surface area contributed by atoms with Crippen LogP contribution in [0, 0.1) is 6.92 Å². The van der Waals surface area contributed by atoms with Crippen LogP contribution in [0.1, 0.15) is 5.69 Å². The average molecular weight is 354 g/mol. The van der Waals surface area contributed by atoms with Gasteiger partial charge in [0.05, 0.1) is 11.4 Å². The van der Waals surface area contributed by atoms with Gasteiger partial charge in [0.15, 0.2) is 5.65 Å². The van der Waals surface area contributed by atoms with E-state index in [4.69, 9.17) is 28.3 Å². The number of aromatic nitrogens is 3. The van der Waals surface area contributed by atoms with Crippen molar-refractivity contribution >= 4 is 28.8 Å². The van der Waals surface area contributed by atoms with E-state index in [9.17, 15) is 0 Å². The fourth-order valence-corrected chi connectivity index (χ4v) is 3.24. The molecule has 4 rings (SSSR count). The van der Waals surface area contributed by atoms with Gasteiger partial charge in [-0.15, -0.1) is 0 Å². The lowest BCUT2D eigenvalue weighted by molar-refractivity contribution is 0.925. The van der Waals surface area contributed by atoms with Gasteiger partial charge in [0.1, 0.15) is 0 Å². The number of hydrogen-bond acceptors (Lipinski definition) is 2. The van der Waals surface area contributed by atoms with E-state index in [1.54, 1.807) is 6.20 Å². The molecule has 0 bridgehead atoms. The van der Waals surface area contributed by atoms with Gasteiger partial charge in [-0.3, -0.25) is 0 Å². The van der Waals surface area contributed by atoms with Gasteiger partial charge < -0.3 is 0 Å². The Balaban J connectivity index is 1.99. The largest absolute Gasteiger partial charge is 0.236 e. The van der Waals surface area contributed by atoms with Crippen LogP contribution in [-0.2, 0) is 0 Å². The second-order valence-corrected chi connectivity index (χ2v) is 6.36. The molecule has 2 heterocycles. The minimum absolute atomic E-state index is 0.686. The first-order valence-corrected chi connectivity index (χ1v) is 8.26. The number of fused-ring (bicyclic) bond motifs is 1. The van der Waals surface area contributed by atoms with Crippen LogP contribution in [0.4, 0.5) is 0 Å². The first kappa shape index (κ1) is 15.2. The molecule has 0 aliphatic heterocycles. The number of hydrogen-bond donors (Lipinski definition) is 0. The van der Waals surface area contributed by atoms with E-state index in [1.165, 1.54) is 0 Å². The van der Waals surface area contributed by atoms with Crippen LogP contribution in [0.5, 0.6) is 0 Å². The molecule has 5 heteroatoms. The number of benzene rings is 2. The van der Waals surface area contributed by atoms with Crippen molar-refractivity contribution in [3.05, 3.63) is 76.5 Å². The molecule has 0 saturated heterocycles. The highest BCUT2D eigenvalue weighted by Crippen LogP contribution is 2.32. The molecule has 0 atom stereocenters. The molecule has 0 radical (unpaired) electrons. The number of halogens is 2. The molecule has 2 aromatic heterocycles. The monoisotopic (exact) mass is 353 g/mol. The summed E-state index contributed by atoms with van der Waals surface area (Å²) in [5.41, 5.74) is 5.58. The highest BCUT2D eigenvalue weighted by Gasteiger charge is 2.16. The topological polar surface area (TPSA) is 30.2 Å². The molecule has 2 aromatic carbocycles. The third-order valence-corrected chi connectivity index (χ3v) is 4.56. The predicted molar refractivity (Wildman–Crippen MR) is 98.6 cm³/mol. The van der Waals surface area contributed by atoms with Crippen molar-refractivity contribution in [2.45, 2.75) is 6.92 Å². The lowest BCUT2D eigenvalue weighted by Gasteiger charge is -2.07. The normalized spacial score (nSPS) is 11.1. The molecule has 0 aliphatic carbocycles. The van der Waals surface area contributed by atoms with E-state index in [0.29, 0.717) is 10.0 Å². The smallest absolute Gasteiger partial charge is 0.163 e. The first-order chi connectivity index (χ1) is 11.6. The van der Waals surface area contributed by atoms with Crippen LogP contribution in [0.3, 0.4) is 0 Å². The van der Waals surface area contributed by atoms with Gasteiger partial charge >= 0.3 is 0 Å². The standard InChI is InChI=1S/C19H13Cl2N3/c1-12-18(13-6-8-14(20)9-7-13)19-22-11-10-17(24(19)23-12)15-4-2-3-5-16(15)21/h2-11H,1H3. The van der Waals surface area contributed by atoms with Gasteiger partial charge in [-0.05, 0) is 36.8 Å². The van der Waals surface area contributed by atoms with E-state index < -0.39 is 0 Å². The Kier molecular flexibility index (Phi) is 3.75. The summed E-state index contributed by atoms with van der Waals surface area (Å²) in [6.07, 6.45) is 1.79. The molecular weight excluding hydrogens is 341 g/mol. The lowest BCUT2D eigenvalue weighted by Crippen LogP contribution is -1.96. The van der Waals surface area contributed by atoms with Crippen LogP contribution in [0.2, 0.25) is 10.0 Å². The molecule has 0 amide bonds. The van der Waals surface area contributed by atoms with Crippen LogP contribution in [0.15, 0.2) is 60.8 Å². The van der Waals surface area contributed by atoms with Gasteiger partial charge in [-0.2, -0.15) is 5.10 Å². The van der Waals surface area contributed by atoms with Crippen molar-refractivity contribution in [1.29, 1.82) is 0 Å². The van der Waals surface area contributed by atoms with E-state index >= 15 is 0 Å². The molecule has 0 spiro atoms. The Hall–Kier alpha value is -2.36. The summed E-state index contributed by atoms with van der Waals surface area (Å²) in [5, 5.41) is 6.08. The molecule has 0 saturated carbocycles. The molecule has 24 heavy (non-hydrogen) atoms. The van der Waals surface area contributed by atoms with Crippen molar-refractivity contribution in [2.75, 3.05) is 0 Å². The fourth-order valence-electron chi connectivity index (χ4n) is 2.88. The van der Waals surface area contributed by atoms with Crippen LogP contribution >= 0.6 is 23.2 Å². The van der Waals surface area contributed by atoms with E-state index in [1.807, 2.05) is 66.0 Å². The molecule has 4 aromatic rings. The molecular formula is C19H13Cl2N3. The summed E-state index contributed by atoms with van der Waals surface area (Å²) < 4.78 is 1.85. The van der Waals surface area contributed by atoms with Crippen molar-refractivity contribution in [3.8, 4) is 22.4 Å². The Morgan fingerprint density at radius 2 is 1.67 bits per heavy atom. The van der Waals surface area contributed by atoms with Crippen molar-refractivity contribution in [3.63, 3.8) is 0 Å². The van der Waals surface area contributed by atoms with Gasteiger partial charge in [0.25, 0.3) is 0 Å². The van der Waals surface area contributed by atoms with Crippen molar-refractivity contribution in [2.24, 2.45) is 0 Å². The lowest BCUT2D eigenvalue weighted by atomic mass is 10.1. The summed E-state index contributed by atoms with van der Waals surface area (Å²) in [4.78, 5) is 4.54. The second-order valence-electron chi connectivity index (χ2n) is 5.51. The zero-order valence-electron chi connectivity index (χ0n) is 12.9. The molecule has 118 valence electrons. The summed E-state index contributed by atoms with van der Waals surface area (Å²) in [6.45, 7) is 1.98. The summed E-state index contributed by atoms with van der Waals surface area (Å²) >= 11 is 12.4. The van der Waals surface area contributed by atoms with E-state index in [0.717, 1.165) is 33.7 Å². The molecule has 0 unspecified atom stereocenters. The molecule has 0 fully saturated rings. The van der Waals surface area contributed by atoms with Gasteiger partial charge in [0, 0.05) is 27.4 Å². The summed E-state index contributed by atoms with van der Waals surface area (Å²) in [6, 6.07) is 17.4. The number of aryl methyl sites for hydroxylation is 1. The highest BCUT2D eigenvalue weighted by molar-refractivity contribution is 6.33. The SMILES string of the molecule is Cc1nn2c(-c3ccccc3Cl)ccnc2c1-c1ccc(Cl)cc1. The third kappa shape index (κ3) is 2.46. The van der Waals surface area contributed by atoms with Gasteiger partial charge in [-0.25, -0.2) is 9.50 Å². The fraction of sp³-hybridized carbons (Fsp3) is 0.0526. The van der Waals surface area contributed by atoms with Gasteiger partial charge in [-0.1, -0.05) is 53.5 Å². The predicted octanol–water partition coefficient (Wildman–Crippen LogP) is 5.68. The Morgan fingerprint density at radius 1 is 0.917 bits per heavy atom. The maximum absolute atomic E-state index is 6.36. The van der Waals surface area contributed by atoms with Crippen LogP contribution < -0.4 is 0 Å². The molecule has 0 aliphatic rings. The highest BCUT2D eigenvalue weighted by atomic mass is 35.5. The zero-order chi connectivity index (χ0) is 16.7. The molecule has 0 N–H and O–H groups in total. The Labute approximate surface area is 149 Å². The van der Waals surface area contributed by atoms with E-state index in [2.05, 4.69) is 4.98 Å². The number of nitrogens with zero attached hydrogens (tertiary/aromatic N) is 3. The van der Waals surface area contributed by atoms with Crippen molar-refractivity contribution < 1.29 is 0 Å². The minimum Gasteiger partial charge on any atom is -0.236 e. The van der Waals surface area contributed by atoms with Gasteiger partial charge in [0.2, 0.25) is 0 Å². The summed E-state index contributed by atoms with van der Waals surface area (Å²) in [5.74, 6) is 0. The Bertz CT molecular complexity index is 1040. The van der Waals surface area contributed by atoms with Crippen LogP contribution in [0.25, 0.3) is 28.0 Å². The van der Waals surface area contributed by atoms with Crippen molar-refractivity contribution in [1.82, 2.24) is 14.6 Å². The van der Waals surface area contributed by atoms with E-state index in [-0.39, 0.29) is 0 Å². The third-order valence-electron chi connectivity index (χ3n) is 3.98. The maximum atomic E-state index is 6.36. The first-order valence-electron chi connectivity index (χ1n) is 7.50. The summed E-state index contributed by atoms with van der Waals surface area (Å²) in [7, 11) is 0. The Morgan fingerprint density at radius 3 is 2.42 bits per heavy atom. The minimum atomic E-state index is 0.686. The second kappa shape index (κ2) is 5.93. The maximum Gasteiger partial charge on any atom is 0.163 e. The number of rotatable bonds is 2. The molecule has 3 nitrogen and oxygen atoms in total. The quantitative estimate of drug-likeness (QED) is 0.464. The zero-order valence-corrected chi connectivity index (χ0v) is 14.4.